The molecule has 0 aliphatic carbocycles. The van der Waals surface area contributed by atoms with E-state index in [2.05, 4.69) is 16.0 Å². The first-order valence-electron chi connectivity index (χ1n) is 4.27. The Morgan fingerprint density at radius 2 is 2.38 bits per heavy atom. The SMILES string of the molecule is C=CCS(=O)(=O)Nc1ccsc1C(=O)OC. The van der Waals surface area contributed by atoms with E-state index in [1.807, 2.05) is 0 Å². The van der Waals surface area contributed by atoms with Gasteiger partial charge in [0.1, 0.15) is 4.88 Å². The van der Waals surface area contributed by atoms with E-state index in [-0.39, 0.29) is 16.3 Å². The molecule has 1 aromatic heterocycles. The Morgan fingerprint density at radius 3 is 2.94 bits per heavy atom. The van der Waals surface area contributed by atoms with Crippen molar-refractivity contribution in [2.24, 2.45) is 0 Å². The van der Waals surface area contributed by atoms with E-state index in [4.69, 9.17) is 0 Å². The maximum absolute atomic E-state index is 11.4. The highest BCUT2D eigenvalue weighted by atomic mass is 32.2. The number of hydrogen-bond acceptors (Lipinski definition) is 5. The molecule has 0 aromatic carbocycles. The smallest absolute Gasteiger partial charge is 0.350 e. The topological polar surface area (TPSA) is 72.5 Å². The Labute approximate surface area is 97.8 Å². The summed E-state index contributed by atoms with van der Waals surface area (Å²) in [7, 11) is -2.25. The number of ether oxygens (including phenoxy) is 1. The molecule has 0 unspecified atom stereocenters. The van der Waals surface area contributed by atoms with Crippen LogP contribution in [0.25, 0.3) is 0 Å². The Hall–Kier alpha value is -1.34. The third-order valence-corrected chi connectivity index (χ3v) is 3.74. The summed E-state index contributed by atoms with van der Waals surface area (Å²) in [6.45, 7) is 3.34. The van der Waals surface area contributed by atoms with Crippen LogP contribution < -0.4 is 4.72 Å². The van der Waals surface area contributed by atoms with Crippen LogP contribution in [0, 0.1) is 0 Å². The van der Waals surface area contributed by atoms with Gasteiger partial charge in [-0.25, -0.2) is 13.2 Å². The summed E-state index contributed by atoms with van der Waals surface area (Å²) < 4.78 is 29.7. The fourth-order valence-electron chi connectivity index (χ4n) is 1.00. The lowest BCUT2D eigenvalue weighted by Crippen LogP contribution is -2.16. The molecular formula is C9H11NO4S2. The van der Waals surface area contributed by atoms with Crippen molar-refractivity contribution < 1.29 is 17.9 Å². The van der Waals surface area contributed by atoms with Crippen LogP contribution in [0.1, 0.15) is 9.67 Å². The van der Waals surface area contributed by atoms with Crippen LogP contribution in [0.3, 0.4) is 0 Å². The van der Waals surface area contributed by atoms with E-state index >= 15 is 0 Å². The number of rotatable bonds is 5. The summed E-state index contributed by atoms with van der Waals surface area (Å²) >= 11 is 1.11. The lowest BCUT2D eigenvalue weighted by Gasteiger charge is -2.05. The number of thiophene rings is 1. The van der Waals surface area contributed by atoms with Crippen LogP contribution in [-0.4, -0.2) is 27.2 Å². The summed E-state index contributed by atoms with van der Waals surface area (Å²) in [5.41, 5.74) is 0.235. The Morgan fingerprint density at radius 1 is 1.69 bits per heavy atom. The second-order valence-electron chi connectivity index (χ2n) is 2.83. The van der Waals surface area contributed by atoms with Gasteiger partial charge in [0, 0.05) is 0 Å². The minimum atomic E-state index is -3.49. The number of esters is 1. The zero-order valence-electron chi connectivity index (χ0n) is 8.60. The third kappa shape index (κ3) is 3.07. The van der Waals surface area contributed by atoms with Gasteiger partial charge in [0.25, 0.3) is 0 Å². The number of anilines is 1. The van der Waals surface area contributed by atoms with Gasteiger partial charge >= 0.3 is 5.97 Å². The molecule has 1 N–H and O–H groups in total. The zero-order valence-corrected chi connectivity index (χ0v) is 10.2. The molecule has 1 aromatic rings. The second kappa shape index (κ2) is 5.13. The third-order valence-electron chi connectivity index (χ3n) is 1.64. The summed E-state index contributed by atoms with van der Waals surface area (Å²) in [5, 5.41) is 1.61. The van der Waals surface area contributed by atoms with Crippen LogP contribution in [0.4, 0.5) is 5.69 Å². The number of methoxy groups -OCH3 is 1. The Bertz CT molecular complexity index is 489. The number of hydrogen-bond donors (Lipinski definition) is 1. The molecule has 5 nitrogen and oxygen atoms in total. The molecular weight excluding hydrogens is 250 g/mol. The van der Waals surface area contributed by atoms with Crippen molar-refractivity contribution in [1.29, 1.82) is 0 Å². The van der Waals surface area contributed by atoms with Crippen LogP contribution >= 0.6 is 11.3 Å². The zero-order chi connectivity index (χ0) is 12.2. The normalized spacial score (nSPS) is 10.8. The highest BCUT2D eigenvalue weighted by Gasteiger charge is 2.17. The van der Waals surface area contributed by atoms with Crippen molar-refractivity contribution in [1.82, 2.24) is 0 Å². The van der Waals surface area contributed by atoms with Crippen LogP contribution in [0.2, 0.25) is 0 Å². The molecule has 0 aliphatic rings. The predicted molar refractivity (Wildman–Crippen MR) is 63.3 cm³/mol. The average Bonchev–Trinajstić information content (AvgIpc) is 2.63. The fraction of sp³-hybridized carbons (Fsp3) is 0.222. The first-order chi connectivity index (χ1) is 7.50. The van der Waals surface area contributed by atoms with Gasteiger partial charge in [-0.15, -0.1) is 17.9 Å². The molecule has 0 radical (unpaired) electrons. The van der Waals surface area contributed by atoms with E-state index in [1.54, 1.807) is 5.38 Å². The first kappa shape index (κ1) is 12.7. The Kier molecular flexibility index (Phi) is 4.08. The van der Waals surface area contributed by atoms with Crippen molar-refractivity contribution in [3.8, 4) is 0 Å². The monoisotopic (exact) mass is 261 g/mol. The molecule has 1 heterocycles. The van der Waals surface area contributed by atoms with Crippen LogP contribution in [0.5, 0.6) is 0 Å². The molecule has 7 heteroatoms. The molecule has 88 valence electrons. The van der Waals surface area contributed by atoms with Gasteiger partial charge < -0.3 is 4.74 Å². The predicted octanol–water partition coefficient (Wildman–Crippen LogP) is 1.46. The summed E-state index contributed by atoms with van der Waals surface area (Å²) in [5.74, 6) is -0.769. The van der Waals surface area contributed by atoms with Crippen LogP contribution in [0.15, 0.2) is 24.1 Å². The van der Waals surface area contributed by atoms with Crippen molar-refractivity contribution in [3.63, 3.8) is 0 Å². The lowest BCUT2D eigenvalue weighted by molar-refractivity contribution is 0.0607. The fourth-order valence-corrected chi connectivity index (χ4v) is 2.73. The molecule has 0 atom stereocenters. The highest BCUT2D eigenvalue weighted by Crippen LogP contribution is 2.24. The molecule has 0 bridgehead atoms. The minimum Gasteiger partial charge on any atom is -0.465 e. The number of nitrogens with one attached hydrogen (secondary N) is 1. The maximum atomic E-state index is 11.4. The van der Waals surface area contributed by atoms with Gasteiger partial charge in [-0.2, -0.15) is 0 Å². The summed E-state index contributed by atoms with van der Waals surface area (Å²) in [6.07, 6.45) is 1.27. The van der Waals surface area contributed by atoms with Crippen molar-refractivity contribution in [3.05, 3.63) is 29.0 Å². The van der Waals surface area contributed by atoms with Gasteiger partial charge in [0.2, 0.25) is 10.0 Å². The summed E-state index contributed by atoms with van der Waals surface area (Å²) in [6, 6.07) is 1.51. The van der Waals surface area contributed by atoms with Crippen molar-refractivity contribution in [2.75, 3.05) is 17.6 Å². The van der Waals surface area contributed by atoms with Crippen molar-refractivity contribution >= 4 is 33.0 Å². The molecule has 0 amide bonds. The lowest BCUT2D eigenvalue weighted by atomic mass is 10.4. The van der Waals surface area contributed by atoms with Crippen LogP contribution in [-0.2, 0) is 14.8 Å². The molecule has 0 fully saturated rings. The van der Waals surface area contributed by atoms with E-state index in [9.17, 15) is 13.2 Å². The van der Waals surface area contributed by atoms with E-state index in [0.717, 1.165) is 11.3 Å². The van der Waals surface area contributed by atoms with Crippen molar-refractivity contribution in [2.45, 2.75) is 0 Å². The van der Waals surface area contributed by atoms with Gasteiger partial charge in [-0.05, 0) is 11.4 Å². The van der Waals surface area contributed by atoms with E-state index < -0.39 is 16.0 Å². The molecule has 0 saturated carbocycles. The van der Waals surface area contributed by atoms with Gasteiger partial charge in [-0.3, -0.25) is 4.72 Å². The first-order valence-corrected chi connectivity index (χ1v) is 6.80. The van der Waals surface area contributed by atoms with E-state index in [0.29, 0.717) is 0 Å². The standard InChI is InChI=1S/C9H11NO4S2/c1-3-6-16(12,13)10-7-4-5-15-8(7)9(11)14-2/h3-5,10H,1,6H2,2H3. The molecule has 0 saturated heterocycles. The molecule has 0 spiro atoms. The highest BCUT2D eigenvalue weighted by molar-refractivity contribution is 7.92. The van der Waals surface area contributed by atoms with Gasteiger partial charge in [0.15, 0.2) is 0 Å². The quantitative estimate of drug-likeness (QED) is 0.643. The van der Waals surface area contributed by atoms with Gasteiger partial charge in [-0.1, -0.05) is 6.08 Å². The maximum Gasteiger partial charge on any atom is 0.350 e. The van der Waals surface area contributed by atoms with E-state index in [1.165, 1.54) is 19.3 Å². The van der Waals surface area contributed by atoms with Gasteiger partial charge in [0.05, 0.1) is 18.6 Å². The number of carbonyl (C=O) groups is 1. The number of carbonyl (C=O) groups excluding carboxylic acids is 1. The minimum absolute atomic E-state index is 0.205. The Balaban J connectivity index is 2.94. The molecule has 1 rings (SSSR count). The molecule has 0 aliphatic heterocycles. The second-order valence-corrected chi connectivity index (χ2v) is 5.51. The molecule has 16 heavy (non-hydrogen) atoms. The summed E-state index contributed by atoms with van der Waals surface area (Å²) in [4.78, 5) is 11.5. The number of sulfonamides is 1. The average molecular weight is 261 g/mol. The largest absolute Gasteiger partial charge is 0.465 e.